The molecule has 0 saturated carbocycles. The fourth-order valence-corrected chi connectivity index (χ4v) is 1.86. The van der Waals surface area contributed by atoms with Gasteiger partial charge in [0.2, 0.25) is 0 Å². The summed E-state index contributed by atoms with van der Waals surface area (Å²) in [7, 11) is -0.659. The van der Waals surface area contributed by atoms with E-state index in [1.807, 2.05) is 34.4 Å². The lowest BCUT2D eigenvalue weighted by atomic mass is 10.5. The van der Waals surface area contributed by atoms with Crippen molar-refractivity contribution >= 4 is 8.38 Å². The molecule has 0 heterocycles. The first-order valence-corrected chi connectivity index (χ1v) is 5.22. The van der Waals surface area contributed by atoms with Crippen molar-refractivity contribution in [2.45, 2.75) is 39.9 Å². The molecule has 0 saturated heterocycles. The molecular weight excluding hydrogens is 147 g/mol. The van der Waals surface area contributed by atoms with Gasteiger partial charge in [-0.3, -0.25) is 0 Å². The second kappa shape index (κ2) is 5.06. The van der Waals surface area contributed by atoms with Crippen LogP contribution in [0.3, 0.4) is 0 Å². The molecule has 0 radical (unpaired) electrons. The monoisotopic (exact) mass is 164 g/mol. The van der Waals surface area contributed by atoms with Crippen LogP contribution in [-0.4, -0.2) is 18.9 Å². The summed E-state index contributed by atoms with van der Waals surface area (Å²) < 4.78 is 10.8. The molecule has 0 aromatic carbocycles. The van der Waals surface area contributed by atoms with Crippen LogP contribution in [0.4, 0.5) is 0 Å². The molecule has 62 valence electrons. The summed E-state index contributed by atoms with van der Waals surface area (Å²) in [6.45, 7) is 10.0. The highest BCUT2D eigenvalue weighted by molar-refractivity contribution is 7.46. The highest BCUT2D eigenvalue weighted by Gasteiger charge is 2.06. The Labute approximate surface area is 64.8 Å². The predicted octanol–water partition coefficient (Wildman–Crippen LogP) is 2.78. The number of rotatable bonds is 4. The molecule has 0 amide bonds. The molecule has 2 nitrogen and oxygen atoms in total. The molecule has 0 aliphatic heterocycles. The van der Waals surface area contributed by atoms with Crippen molar-refractivity contribution < 1.29 is 9.05 Å². The van der Waals surface area contributed by atoms with E-state index >= 15 is 0 Å². The molecular formula is C7H17O2P. The summed E-state index contributed by atoms with van der Waals surface area (Å²) in [6, 6.07) is 0. The molecule has 0 aromatic heterocycles. The highest BCUT2D eigenvalue weighted by atomic mass is 31.2. The third-order valence-corrected chi connectivity index (χ3v) is 2.16. The molecule has 0 fully saturated rings. The molecule has 0 aromatic rings. The van der Waals surface area contributed by atoms with Gasteiger partial charge >= 0.3 is 0 Å². The molecule has 0 bridgehead atoms. The van der Waals surface area contributed by atoms with Crippen LogP contribution >= 0.6 is 8.38 Å². The van der Waals surface area contributed by atoms with Crippen LogP contribution in [0, 0.1) is 0 Å². The maximum atomic E-state index is 5.40. The van der Waals surface area contributed by atoms with Gasteiger partial charge < -0.3 is 9.05 Å². The van der Waals surface area contributed by atoms with Gasteiger partial charge in [0, 0.05) is 6.66 Å². The van der Waals surface area contributed by atoms with Gasteiger partial charge in [0.1, 0.15) is 0 Å². The van der Waals surface area contributed by atoms with Crippen LogP contribution in [0.25, 0.3) is 0 Å². The Bertz CT molecular complexity index is 73.7. The second-order valence-electron chi connectivity index (χ2n) is 2.75. The van der Waals surface area contributed by atoms with Crippen molar-refractivity contribution in [2.24, 2.45) is 0 Å². The fourth-order valence-electron chi connectivity index (χ4n) is 0.619. The summed E-state index contributed by atoms with van der Waals surface area (Å²) in [5, 5.41) is 0. The fraction of sp³-hybridized carbons (Fsp3) is 1.00. The maximum Gasteiger partial charge on any atom is 0.167 e. The zero-order chi connectivity index (χ0) is 8.15. The maximum absolute atomic E-state index is 5.40. The molecule has 0 N–H and O–H groups in total. The first kappa shape index (κ1) is 10.3. The smallest absolute Gasteiger partial charge is 0.167 e. The number of hydrogen-bond acceptors (Lipinski definition) is 2. The first-order chi connectivity index (χ1) is 4.52. The molecule has 10 heavy (non-hydrogen) atoms. The van der Waals surface area contributed by atoms with Crippen molar-refractivity contribution in [1.29, 1.82) is 0 Å². The lowest BCUT2D eigenvalue weighted by Gasteiger charge is -2.17. The van der Waals surface area contributed by atoms with E-state index in [2.05, 4.69) is 0 Å². The van der Waals surface area contributed by atoms with Crippen molar-refractivity contribution in [3.05, 3.63) is 0 Å². The highest BCUT2D eigenvalue weighted by Crippen LogP contribution is 2.36. The van der Waals surface area contributed by atoms with E-state index in [-0.39, 0.29) is 12.2 Å². The predicted molar refractivity (Wildman–Crippen MR) is 45.3 cm³/mol. The van der Waals surface area contributed by atoms with Crippen molar-refractivity contribution in [2.75, 3.05) is 6.66 Å². The van der Waals surface area contributed by atoms with Crippen LogP contribution in [-0.2, 0) is 9.05 Å². The zero-order valence-corrected chi connectivity index (χ0v) is 8.31. The zero-order valence-electron chi connectivity index (χ0n) is 7.42. The van der Waals surface area contributed by atoms with Crippen LogP contribution < -0.4 is 0 Å². The van der Waals surface area contributed by atoms with Crippen molar-refractivity contribution in [1.82, 2.24) is 0 Å². The Kier molecular flexibility index (Phi) is 5.24. The van der Waals surface area contributed by atoms with Gasteiger partial charge in [0.15, 0.2) is 8.38 Å². The van der Waals surface area contributed by atoms with Gasteiger partial charge in [-0.15, -0.1) is 0 Å². The average Bonchev–Trinajstić information content (AvgIpc) is 1.58. The topological polar surface area (TPSA) is 18.5 Å². The quantitative estimate of drug-likeness (QED) is 0.595. The van der Waals surface area contributed by atoms with Crippen LogP contribution in [0.15, 0.2) is 0 Å². The van der Waals surface area contributed by atoms with Gasteiger partial charge in [-0.25, -0.2) is 0 Å². The van der Waals surface area contributed by atoms with E-state index in [1.165, 1.54) is 0 Å². The lowest BCUT2D eigenvalue weighted by molar-refractivity contribution is 0.180. The Morgan fingerprint density at radius 1 is 0.900 bits per heavy atom. The van der Waals surface area contributed by atoms with Crippen molar-refractivity contribution in [3.63, 3.8) is 0 Å². The normalized spacial score (nSPS) is 12.0. The van der Waals surface area contributed by atoms with E-state index < -0.39 is 8.38 Å². The van der Waals surface area contributed by atoms with Crippen LogP contribution in [0.5, 0.6) is 0 Å². The molecule has 0 aliphatic carbocycles. The van der Waals surface area contributed by atoms with E-state index in [1.54, 1.807) is 0 Å². The third kappa shape index (κ3) is 6.47. The van der Waals surface area contributed by atoms with E-state index in [0.717, 1.165) is 0 Å². The van der Waals surface area contributed by atoms with Gasteiger partial charge in [-0.05, 0) is 27.7 Å². The molecule has 0 aliphatic rings. The molecule has 0 unspecified atom stereocenters. The second-order valence-corrected chi connectivity index (χ2v) is 4.05. The molecule has 0 spiro atoms. The minimum absolute atomic E-state index is 0.273. The summed E-state index contributed by atoms with van der Waals surface area (Å²) in [4.78, 5) is 0. The lowest BCUT2D eigenvalue weighted by Crippen LogP contribution is -2.03. The largest absolute Gasteiger partial charge is 0.331 e. The van der Waals surface area contributed by atoms with E-state index in [9.17, 15) is 0 Å². The summed E-state index contributed by atoms with van der Waals surface area (Å²) in [5.41, 5.74) is 0. The minimum atomic E-state index is -0.659. The SMILES string of the molecule is CC(C)OP(C)OC(C)C. The Hall–Kier alpha value is 0.350. The van der Waals surface area contributed by atoms with Crippen LogP contribution in [0.2, 0.25) is 0 Å². The Morgan fingerprint density at radius 3 is 1.40 bits per heavy atom. The third-order valence-electron chi connectivity index (χ3n) is 0.719. The van der Waals surface area contributed by atoms with Gasteiger partial charge in [-0.1, -0.05) is 0 Å². The van der Waals surface area contributed by atoms with Crippen molar-refractivity contribution in [3.8, 4) is 0 Å². The van der Waals surface area contributed by atoms with Crippen LogP contribution in [0.1, 0.15) is 27.7 Å². The van der Waals surface area contributed by atoms with Gasteiger partial charge in [0.25, 0.3) is 0 Å². The molecule has 0 rings (SSSR count). The first-order valence-electron chi connectivity index (χ1n) is 3.59. The van der Waals surface area contributed by atoms with E-state index in [4.69, 9.17) is 9.05 Å². The summed E-state index contributed by atoms with van der Waals surface area (Å²) >= 11 is 0. The minimum Gasteiger partial charge on any atom is -0.331 e. The Morgan fingerprint density at radius 2 is 1.20 bits per heavy atom. The standard InChI is InChI=1S/C7H17O2P/c1-6(2)8-10(5)9-7(3)4/h6-7H,1-5H3. The van der Waals surface area contributed by atoms with Gasteiger partial charge in [0.05, 0.1) is 12.2 Å². The summed E-state index contributed by atoms with van der Waals surface area (Å²) in [6.07, 6.45) is 0.546. The number of hydrogen-bond donors (Lipinski definition) is 0. The Balaban J connectivity index is 3.34. The molecule has 3 heteroatoms. The molecule has 0 atom stereocenters. The average molecular weight is 164 g/mol. The van der Waals surface area contributed by atoms with E-state index in [0.29, 0.717) is 0 Å². The van der Waals surface area contributed by atoms with Gasteiger partial charge in [-0.2, -0.15) is 0 Å². The summed E-state index contributed by atoms with van der Waals surface area (Å²) in [5.74, 6) is 0.